The van der Waals surface area contributed by atoms with E-state index in [0.29, 0.717) is 27.1 Å². The highest BCUT2D eigenvalue weighted by atomic mass is 35.5. The quantitative estimate of drug-likeness (QED) is 0.390. The van der Waals surface area contributed by atoms with Crippen LogP contribution >= 0.6 is 34.5 Å². The molecule has 134 valence electrons. The number of benzene rings is 1. The molecule has 0 bridgehead atoms. The molecule has 2 heterocycles. The van der Waals surface area contributed by atoms with Crippen molar-refractivity contribution in [2.45, 2.75) is 13.3 Å². The Kier molecular flexibility index (Phi) is 5.81. The fraction of sp³-hybridized carbons (Fsp3) is 0.158. The Morgan fingerprint density at radius 1 is 1.15 bits per heavy atom. The van der Waals surface area contributed by atoms with Crippen LogP contribution in [-0.2, 0) is 16.0 Å². The molecule has 0 unspecified atom stereocenters. The van der Waals surface area contributed by atoms with Crippen LogP contribution in [0.25, 0.3) is 10.4 Å². The van der Waals surface area contributed by atoms with Crippen molar-refractivity contribution in [2.75, 3.05) is 6.61 Å². The van der Waals surface area contributed by atoms with Crippen LogP contribution in [0.5, 0.6) is 0 Å². The summed E-state index contributed by atoms with van der Waals surface area (Å²) in [6.07, 6.45) is 1.51. The number of carbonyl (C=O) groups excluding carboxylic acids is 2. The fourth-order valence-electron chi connectivity index (χ4n) is 2.45. The molecule has 0 atom stereocenters. The van der Waals surface area contributed by atoms with Gasteiger partial charge in [-0.05, 0) is 48.4 Å². The summed E-state index contributed by atoms with van der Waals surface area (Å²) >= 11 is 13.4. The van der Waals surface area contributed by atoms with Gasteiger partial charge in [-0.2, -0.15) is 0 Å². The van der Waals surface area contributed by atoms with Crippen LogP contribution in [0.2, 0.25) is 10.0 Å². The second-order valence-corrected chi connectivity index (χ2v) is 7.25. The Bertz CT molecular complexity index is 945. The van der Waals surface area contributed by atoms with Crippen LogP contribution in [0, 0.1) is 0 Å². The van der Waals surface area contributed by atoms with Crippen molar-refractivity contribution in [3.05, 3.63) is 68.9 Å². The first-order chi connectivity index (χ1) is 12.5. The molecule has 0 fully saturated rings. The van der Waals surface area contributed by atoms with Crippen LogP contribution in [0.3, 0.4) is 0 Å². The van der Waals surface area contributed by atoms with Gasteiger partial charge in [-0.15, -0.1) is 11.3 Å². The minimum Gasteiger partial charge on any atom is -0.466 e. The third-order valence-corrected chi connectivity index (χ3v) is 5.56. The molecule has 3 aromatic rings. The van der Waals surface area contributed by atoms with Crippen LogP contribution in [0.1, 0.15) is 27.9 Å². The van der Waals surface area contributed by atoms with Crippen molar-refractivity contribution < 1.29 is 18.7 Å². The lowest BCUT2D eigenvalue weighted by Gasteiger charge is -2.05. The van der Waals surface area contributed by atoms with Crippen molar-refractivity contribution in [3.63, 3.8) is 0 Å². The van der Waals surface area contributed by atoms with E-state index in [2.05, 4.69) is 0 Å². The molecule has 26 heavy (non-hydrogen) atoms. The zero-order valence-corrected chi connectivity index (χ0v) is 16.1. The molecule has 7 heteroatoms. The number of hydrogen-bond donors (Lipinski definition) is 0. The maximum Gasteiger partial charge on any atom is 0.310 e. The standard InChI is InChI=1S/C19H14Cl2O4S/c1-2-24-17(22)10-12-9-16(18(23)15-4-3-7-25-15)26-19(12)11-5-6-13(20)14(21)8-11/h3-9H,2,10H2,1H3. The van der Waals surface area contributed by atoms with Crippen molar-refractivity contribution in [2.24, 2.45) is 0 Å². The van der Waals surface area contributed by atoms with Gasteiger partial charge in [0, 0.05) is 4.88 Å². The van der Waals surface area contributed by atoms with Crippen LogP contribution in [0.15, 0.2) is 47.1 Å². The largest absolute Gasteiger partial charge is 0.466 e. The molecule has 2 aromatic heterocycles. The number of thiophene rings is 1. The third-order valence-electron chi connectivity index (χ3n) is 3.60. The Hall–Kier alpha value is -2.08. The molecule has 0 saturated heterocycles. The molecule has 1 aromatic carbocycles. The average molecular weight is 409 g/mol. The Balaban J connectivity index is 2.03. The van der Waals surface area contributed by atoms with E-state index >= 15 is 0 Å². The highest BCUT2D eigenvalue weighted by molar-refractivity contribution is 7.17. The predicted molar refractivity (Wildman–Crippen MR) is 102 cm³/mol. The van der Waals surface area contributed by atoms with Gasteiger partial charge in [0.05, 0.1) is 34.2 Å². The maximum absolute atomic E-state index is 12.6. The second kappa shape index (κ2) is 8.08. The van der Waals surface area contributed by atoms with Gasteiger partial charge >= 0.3 is 5.97 Å². The SMILES string of the molecule is CCOC(=O)Cc1cc(C(=O)c2ccco2)sc1-c1ccc(Cl)c(Cl)c1. The first-order valence-corrected chi connectivity index (χ1v) is 9.38. The number of furan rings is 1. The fourth-order valence-corrected chi connectivity index (χ4v) is 3.87. The average Bonchev–Trinajstić information content (AvgIpc) is 3.27. The summed E-state index contributed by atoms with van der Waals surface area (Å²) in [4.78, 5) is 25.8. The van der Waals surface area contributed by atoms with Gasteiger partial charge in [-0.25, -0.2) is 0 Å². The minimum absolute atomic E-state index is 0.0609. The highest BCUT2D eigenvalue weighted by Crippen LogP contribution is 2.37. The topological polar surface area (TPSA) is 56.5 Å². The summed E-state index contributed by atoms with van der Waals surface area (Å²) in [5.41, 5.74) is 1.48. The second-order valence-electron chi connectivity index (χ2n) is 5.38. The zero-order chi connectivity index (χ0) is 18.7. The van der Waals surface area contributed by atoms with Crippen molar-refractivity contribution in [3.8, 4) is 10.4 Å². The number of esters is 1. The first kappa shape index (κ1) is 18.7. The van der Waals surface area contributed by atoms with E-state index in [1.165, 1.54) is 17.6 Å². The molecule has 0 spiro atoms. The summed E-state index contributed by atoms with van der Waals surface area (Å²) in [5, 5.41) is 0.837. The minimum atomic E-state index is -0.358. The highest BCUT2D eigenvalue weighted by Gasteiger charge is 2.21. The van der Waals surface area contributed by atoms with E-state index in [4.69, 9.17) is 32.4 Å². The molecular weight excluding hydrogens is 395 g/mol. The summed E-state index contributed by atoms with van der Waals surface area (Å²) in [6.45, 7) is 2.04. The van der Waals surface area contributed by atoms with E-state index in [1.54, 1.807) is 43.3 Å². The first-order valence-electron chi connectivity index (χ1n) is 7.81. The van der Waals surface area contributed by atoms with Crippen molar-refractivity contribution in [1.82, 2.24) is 0 Å². The Morgan fingerprint density at radius 2 is 1.96 bits per heavy atom. The molecule has 4 nitrogen and oxygen atoms in total. The van der Waals surface area contributed by atoms with Crippen molar-refractivity contribution >= 4 is 46.3 Å². The van der Waals surface area contributed by atoms with Crippen molar-refractivity contribution in [1.29, 1.82) is 0 Å². The number of hydrogen-bond acceptors (Lipinski definition) is 5. The van der Waals surface area contributed by atoms with Crippen LogP contribution < -0.4 is 0 Å². The number of ketones is 1. The van der Waals surface area contributed by atoms with E-state index in [1.807, 2.05) is 0 Å². The summed E-state index contributed by atoms with van der Waals surface area (Å²) in [6, 6.07) is 10.2. The number of rotatable bonds is 6. The van der Waals surface area contributed by atoms with Gasteiger partial charge < -0.3 is 9.15 Å². The molecule has 0 radical (unpaired) electrons. The van der Waals surface area contributed by atoms with Gasteiger partial charge in [-0.1, -0.05) is 29.3 Å². The van der Waals surface area contributed by atoms with Crippen LogP contribution in [0.4, 0.5) is 0 Å². The van der Waals surface area contributed by atoms with Gasteiger partial charge in [0.2, 0.25) is 5.78 Å². The van der Waals surface area contributed by atoms with E-state index < -0.39 is 0 Å². The number of halogens is 2. The molecule has 0 amide bonds. The summed E-state index contributed by atoms with van der Waals surface area (Å²) in [5.74, 6) is -0.352. The normalized spacial score (nSPS) is 10.7. The van der Waals surface area contributed by atoms with E-state index in [9.17, 15) is 9.59 Å². The van der Waals surface area contributed by atoms with Gasteiger partial charge in [0.1, 0.15) is 0 Å². The maximum atomic E-state index is 12.6. The van der Waals surface area contributed by atoms with E-state index in [0.717, 1.165) is 10.4 Å². The monoisotopic (exact) mass is 408 g/mol. The Morgan fingerprint density at radius 3 is 2.62 bits per heavy atom. The Labute approximate surface area is 164 Å². The molecular formula is C19H14Cl2O4S. The molecule has 0 saturated carbocycles. The third kappa shape index (κ3) is 4.01. The lowest BCUT2D eigenvalue weighted by atomic mass is 10.1. The van der Waals surface area contributed by atoms with Gasteiger partial charge in [-0.3, -0.25) is 9.59 Å². The number of ether oxygens (including phenoxy) is 1. The molecule has 0 N–H and O–H groups in total. The van der Waals surface area contributed by atoms with E-state index in [-0.39, 0.29) is 23.9 Å². The van der Waals surface area contributed by atoms with Gasteiger partial charge in [0.25, 0.3) is 0 Å². The van der Waals surface area contributed by atoms with Gasteiger partial charge in [0.15, 0.2) is 5.76 Å². The summed E-state index contributed by atoms with van der Waals surface area (Å²) < 4.78 is 10.2. The lowest BCUT2D eigenvalue weighted by molar-refractivity contribution is -0.142. The molecule has 0 aliphatic heterocycles. The molecule has 3 rings (SSSR count). The molecule has 0 aliphatic carbocycles. The predicted octanol–water partition coefficient (Wildman–Crippen LogP) is 5.65. The lowest BCUT2D eigenvalue weighted by Crippen LogP contribution is -2.07. The molecule has 0 aliphatic rings. The summed E-state index contributed by atoms with van der Waals surface area (Å²) in [7, 11) is 0. The number of carbonyl (C=O) groups is 2. The zero-order valence-electron chi connectivity index (χ0n) is 13.8. The van der Waals surface area contributed by atoms with Crippen LogP contribution in [-0.4, -0.2) is 18.4 Å². The smallest absolute Gasteiger partial charge is 0.310 e.